The maximum Gasteiger partial charge on any atom is 0.0547 e. The lowest BCUT2D eigenvalue weighted by Crippen LogP contribution is -2.11. The monoisotopic (exact) mass is 892 g/mol. The van der Waals surface area contributed by atoms with Crippen LogP contribution in [0.1, 0.15) is 18.4 Å². The molecule has 1 heterocycles. The maximum atomic E-state index is 2.43. The van der Waals surface area contributed by atoms with Crippen molar-refractivity contribution in [3.05, 3.63) is 273 Å². The molecule has 0 N–H and O–H groups in total. The molecule has 13 rings (SSSR count). The summed E-state index contributed by atoms with van der Waals surface area (Å²) in [6, 6.07) is 91.3. The van der Waals surface area contributed by atoms with Crippen LogP contribution in [-0.2, 0) is 0 Å². The van der Waals surface area contributed by atoms with Gasteiger partial charge in [-0.1, -0.05) is 200 Å². The molecular weight excluding hydrogens is 845 g/mol. The molecule has 0 unspecified atom stereocenters. The molecular formula is C68H48N2. The summed E-state index contributed by atoms with van der Waals surface area (Å²) in [5, 5.41) is 7.55. The molecule has 1 aromatic heterocycles. The Morgan fingerprint density at radius 3 is 1.69 bits per heavy atom. The second-order valence-electron chi connectivity index (χ2n) is 18.3. The maximum absolute atomic E-state index is 2.43. The summed E-state index contributed by atoms with van der Waals surface area (Å²) in [5.74, 6) is 0. The van der Waals surface area contributed by atoms with Gasteiger partial charge >= 0.3 is 0 Å². The van der Waals surface area contributed by atoms with Crippen LogP contribution in [0.5, 0.6) is 0 Å². The van der Waals surface area contributed by atoms with E-state index in [-0.39, 0.29) is 0 Å². The van der Waals surface area contributed by atoms with Crippen LogP contribution in [0, 0.1) is 0 Å². The Morgan fingerprint density at radius 1 is 0.357 bits per heavy atom. The lowest BCUT2D eigenvalue weighted by atomic mass is 9.90. The summed E-state index contributed by atoms with van der Waals surface area (Å²) in [5.41, 5.74) is 19.1. The molecule has 0 bridgehead atoms. The van der Waals surface area contributed by atoms with E-state index in [1.165, 1.54) is 87.9 Å². The fraction of sp³-hybridized carbons (Fsp3) is 0.0294. The largest absolute Gasteiger partial charge is 0.310 e. The first-order valence-corrected chi connectivity index (χ1v) is 24.4. The molecule has 0 saturated heterocycles. The molecule has 11 aromatic carbocycles. The Kier molecular flexibility index (Phi) is 10.4. The van der Waals surface area contributed by atoms with Gasteiger partial charge in [-0.2, -0.15) is 0 Å². The average molecular weight is 893 g/mol. The highest BCUT2D eigenvalue weighted by Gasteiger charge is 2.21. The fourth-order valence-electron chi connectivity index (χ4n) is 11.0. The first-order chi connectivity index (χ1) is 34.7. The zero-order valence-electron chi connectivity index (χ0n) is 38.7. The second-order valence-corrected chi connectivity index (χ2v) is 18.3. The van der Waals surface area contributed by atoms with E-state index >= 15 is 0 Å². The SMILES string of the molecule is C1=CCCC(c2ccccc2-c2ccc(N(c3ccc(-c4cc5ccccc5c5ccccc45)cc3)c3ccccc3-c3cccc(-c4cccc5c4c4ccccc4n5-c4ccccc4)c3)cc2)=C1. The topological polar surface area (TPSA) is 8.17 Å². The van der Waals surface area contributed by atoms with E-state index in [1.807, 2.05) is 0 Å². The molecule has 0 radical (unpaired) electrons. The highest BCUT2D eigenvalue weighted by atomic mass is 15.1. The Morgan fingerprint density at radius 2 is 0.929 bits per heavy atom. The van der Waals surface area contributed by atoms with Gasteiger partial charge in [0.2, 0.25) is 0 Å². The van der Waals surface area contributed by atoms with E-state index in [9.17, 15) is 0 Å². The van der Waals surface area contributed by atoms with Crippen molar-refractivity contribution in [3.8, 4) is 50.2 Å². The van der Waals surface area contributed by atoms with Crippen molar-refractivity contribution < 1.29 is 0 Å². The van der Waals surface area contributed by atoms with Crippen molar-refractivity contribution in [2.24, 2.45) is 0 Å². The van der Waals surface area contributed by atoms with Crippen LogP contribution < -0.4 is 4.90 Å². The normalized spacial score (nSPS) is 12.5. The first kappa shape index (κ1) is 41.2. The molecule has 2 heteroatoms. The van der Waals surface area contributed by atoms with Crippen molar-refractivity contribution >= 4 is 66.0 Å². The zero-order chi connectivity index (χ0) is 46.4. The molecule has 330 valence electrons. The van der Waals surface area contributed by atoms with Gasteiger partial charge in [-0.25, -0.2) is 0 Å². The minimum Gasteiger partial charge on any atom is -0.310 e. The van der Waals surface area contributed by atoms with Gasteiger partial charge in [0.25, 0.3) is 0 Å². The van der Waals surface area contributed by atoms with Gasteiger partial charge in [-0.05, 0) is 151 Å². The number of benzene rings is 11. The van der Waals surface area contributed by atoms with Crippen molar-refractivity contribution in [3.63, 3.8) is 0 Å². The van der Waals surface area contributed by atoms with Gasteiger partial charge in [0.15, 0.2) is 0 Å². The minimum atomic E-state index is 1.05. The summed E-state index contributed by atoms with van der Waals surface area (Å²) in [7, 11) is 0. The Hall–Kier alpha value is -8.98. The molecule has 1 aliphatic carbocycles. The smallest absolute Gasteiger partial charge is 0.0547 e. The molecule has 1 aliphatic rings. The Balaban J connectivity index is 0.951. The third-order valence-electron chi connectivity index (χ3n) is 14.3. The lowest BCUT2D eigenvalue weighted by molar-refractivity contribution is 1.05. The zero-order valence-corrected chi connectivity index (χ0v) is 38.7. The van der Waals surface area contributed by atoms with Gasteiger partial charge in [0, 0.05) is 33.4 Å². The highest BCUT2D eigenvalue weighted by Crippen LogP contribution is 2.45. The van der Waals surface area contributed by atoms with E-state index in [0.717, 1.165) is 46.7 Å². The number of hydrogen-bond acceptors (Lipinski definition) is 1. The van der Waals surface area contributed by atoms with Crippen molar-refractivity contribution in [1.82, 2.24) is 4.57 Å². The summed E-state index contributed by atoms with van der Waals surface area (Å²) in [6.45, 7) is 0. The lowest BCUT2D eigenvalue weighted by Gasteiger charge is -2.28. The molecule has 0 fully saturated rings. The van der Waals surface area contributed by atoms with E-state index < -0.39 is 0 Å². The van der Waals surface area contributed by atoms with Gasteiger partial charge in [-0.15, -0.1) is 0 Å². The van der Waals surface area contributed by atoms with Gasteiger partial charge in [0.1, 0.15) is 0 Å². The molecule has 0 amide bonds. The van der Waals surface area contributed by atoms with Gasteiger partial charge < -0.3 is 9.47 Å². The number of allylic oxidation sites excluding steroid dienone is 4. The standard InChI is InChI=1S/C68H48N2/c1-3-19-47(20-4-1)56-26-9-10-27-57(56)48-37-41-54(42-38-48)69(55-43-39-49(40-44-55)64-46-52-21-7-8-28-58(52)61-30-11-12-31-62(61)64)65-34-15-13-29-59(65)50-22-17-23-51(45-50)60-33-18-36-67-68(60)63-32-14-16-35-66(63)70(67)53-24-5-2-6-25-53/h1-3,5-19,21-46H,4,20H2. The van der Waals surface area contributed by atoms with E-state index in [0.29, 0.717) is 0 Å². The first-order valence-electron chi connectivity index (χ1n) is 24.4. The number of para-hydroxylation sites is 3. The fourth-order valence-corrected chi connectivity index (χ4v) is 11.0. The molecule has 0 saturated carbocycles. The number of anilines is 3. The quantitative estimate of drug-likeness (QED) is 0.131. The molecule has 2 nitrogen and oxygen atoms in total. The number of rotatable bonds is 9. The van der Waals surface area contributed by atoms with E-state index in [2.05, 4.69) is 276 Å². The number of hydrogen-bond donors (Lipinski definition) is 0. The highest BCUT2D eigenvalue weighted by molar-refractivity contribution is 6.16. The number of fused-ring (bicyclic) bond motifs is 6. The summed E-state index contributed by atoms with van der Waals surface area (Å²) < 4.78 is 2.40. The van der Waals surface area contributed by atoms with Crippen LogP contribution in [-0.4, -0.2) is 4.57 Å². The second kappa shape index (κ2) is 17.6. The third kappa shape index (κ3) is 7.21. The molecule has 0 aliphatic heterocycles. The summed E-state index contributed by atoms with van der Waals surface area (Å²) in [6.07, 6.45) is 8.85. The predicted molar refractivity (Wildman–Crippen MR) is 299 cm³/mol. The molecule has 12 aromatic rings. The number of aromatic nitrogens is 1. The molecule has 0 spiro atoms. The van der Waals surface area contributed by atoms with Crippen LogP contribution in [0.25, 0.3) is 99.1 Å². The van der Waals surface area contributed by atoms with E-state index in [4.69, 9.17) is 0 Å². The summed E-state index contributed by atoms with van der Waals surface area (Å²) >= 11 is 0. The van der Waals surface area contributed by atoms with E-state index in [1.54, 1.807) is 0 Å². The van der Waals surface area contributed by atoms with Crippen molar-refractivity contribution in [2.45, 2.75) is 12.8 Å². The van der Waals surface area contributed by atoms with Crippen molar-refractivity contribution in [2.75, 3.05) is 4.90 Å². The van der Waals surface area contributed by atoms with Crippen LogP contribution in [0.4, 0.5) is 17.1 Å². The van der Waals surface area contributed by atoms with Crippen LogP contribution in [0.15, 0.2) is 267 Å². The Bertz CT molecular complexity index is 3980. The summed E-state index contributed by atoms with van der Waals surface area (Å²) in [4.78, 5) is 2.43. The van der Waals surface area contributed by atoms with Crippen molar-refractivity contribution in [1.29, 1.82) is 0 Å². The predicted octanol–water partition coefficient (Wildman–Crippen LogP) is 19.0. The Labute approximate surface area is 409 Å². The average Bonchev–Trinajstić information content (AvgIpc) is 3.79. The van der Waals surface area contributed by atoms with Gasteiger partial charge in [-0.3, -0.25) is 0 Å². The minimum absolute atomic E-state index is 1.05. The molecule has 0 atom stereocenters. The molecule has 70 heavy (non-hydrogen) atoms. The van der Waals surface area contributed by atoms with Gasteiger partial charge in [0.05, 0.1) is 16.7 Å². The number of nitrogens with zero attached hydrogens (tertiary/aromatic N) is 2. The van der Waals surface area contributed by atoms with Crippen LogP contribution in [0.2, 0.25) is 0 Å². The third-order valence-corrected chi connectivity index (χ3v) is 14.3. The van der Waals surface area contributed by atoms with Crippen LogP contribution >= 0.6 is 0 Å². The van der Waals surface area contributed by atoms with Crippen LogP contribution in [0.3, 0.4) is 0 Å².